The SMILES string of the molecule is C=CC1C(C)=Cc2cccc3cccc1c23. The van der Waals surface area contributed by atoms with E-state index in [1.165, 1.54) is 27.5 Å². The first kappa shape index (κ1) is 9.41. The van der Waals surface area contributed by atoms with Crippen molar-refractivity contribution in [2.45, 2.75) is 12.8 Å². The third-order valence-corrected chi connectivity index (χ3v) is 3.41. The van der Waals surface area contributed by atoms with Crippen molar-refractivity contribution in [1.82, 2.24) is 0 Å². The summed E-state index contributed by atoms with van der Waals surface area (Å²) < 4.78 is 0. The Hall–Kier alpha value is -1.82. The van der Waals surface area contributed by atoms with Crippen molar-refractivity contribution < 1.29 is 0 Å². The highest BCUT2D eigenvalue weighted by atomic mass is 14.2. The Morgan fingerprint density at radius 3 is 2.62 bits per heavy atom. The number of rotatable bonds is 1. The van der Waals surface area contributed by atoms with Gasteiger partial charge in [0.25, 0.3) is 0 Å². The Morgan fingerprint density at radius 1 is 1.12 bits per heavy atom. The van der Waals surface area contributed by atoms with Crippen LogP contribution in [0.25, 0.3) is 16.8 Å². The van der Waals surface area contributed by atoms with Gasteiger partial charge in [-0.25, -0.2) is 0 Å². The van der Waals surface area contributed by atoms with Gasteiger partial charge in [-0.1, -0.05) is 54.1 Å². The number of benzene rings is 2. The minimum atomic E-state index is 0.374. The Morgan fingerprint density at radius 2 is 1.88 bits per heavy atom. The first-order chi connectivity index (χ1) is 7.81. The van der Waals surface area contributed by atoms with Crippen LogP contribution in [0.3, 0.4) is 0 Å². The highest BCUT2D eigenvalue weighted by molar-refractivity contribution is 5.96. The van der Waals surface area contributed by atoms with Crippen molar-refractivity contribution in [3.63, 3.8) is 0 Å². The van der Waals surface area contributed by atoms with E-state index in [2.05, 4.69) is 56.0 Å². The summed E-state index contributed by atoms with van der Waals surface area (Å²) in [5.74, 6) is 0.374. The molecule has 0 amide bonds. The molecule has 78 valence electrons. The van der Waals surface area contributed by atoms with Crippen LogP contribution >= 0.6 is 0 Å². The molecule has 0 heteroatoms. The number of allylic oxidation sites excluding steroid dienone is 2. The molecule has 1 aliphatic carbocycles. The van der Waals surface area contributed by atoms with Crippen molar-refractivity contribution in [2.24, 2.45) is 0 Å². The van der Waals surface area contributed by atoms with Crippen molar-refractivity contribution in [3.05, 3.63) is 65.8 Å². The molecule has 0 saturated heterocycles. The maximum Gasteiger partial charge on any atom is 0.0232 e. The second-order valence-corrected chi connectivity index (χ2v) is 4.39. The van der Waals surface area contributed by atoms with Gasteiger partial charge in [-0.15, -0.1) is 6.58 Å². The quantitative estimate of drug-likeness (QED) is 0.601. The van der Waals surface area contributed by atoms with E-state index in [9.17, 15) is 0 Å². The molecule has 0 N–H and O–H groups in total. The normalized spacial score (nSPS) is 18.3. The fraction of sp³-hybridized carbons (Fsp3) is 0.125. The Bertz CT molecular complexity index is 597. The lowest BCUT2D eigenvalue weighted by atomic mass is 9.81. The molecule has 3 rings (SSSR count). The molecule has 1 atom stereocenters. The zero-order chi connectivity index (χ0) is 11.1. The fourth-order valence-electron chi connectivity index (χ4n) is 2.67. The Labute approximate surface area is 95.9 Å². The van der Waals surface area contributed by atoms with Crippen LogP contribution in [0.2, 0.25) is 0 Å². The number of hydrogen-bond acceptors (Lipinski definition) is 0. The van der Waals surface area contributed by atoms with E-state index in [4.69, 9.17) is 0 Å². The monoisotopic (exact) mass is 206 g/mol. The van der Waals surface area contributed by atoms with Crippen LogP contribution in [-0.4, -0.2) is 0 Å². The molecule has 1 aliphatic rings. The lowest BCUT2D eigenvalue weighted by Gasteiger charge is -2.22. The standard InChI is InChI=1S/C16H14/c1-3-14-11(2)10-13-8-4-6-12-7-5-9-15(14)16(12)13/h3-10,14H,1H2,2H3. The molecule has 2 aromatic rings. The van der Waals surface area contributed by atoms with Gasteiger partial charge in [-0.3, -0.25) is 0 Å². The zero-order valence-electron chi connectivity index (χ0n) is 9.40. The fourth-order valence-corrected chi connectivity index (χ4v) is 2.67. The molecule has 0 heterocycles. The summed E-state index contributed by atoms with van der Waals surface area (Å²) in [7, 11) is 0. The van der Waals surface area contributed by atoms with Crippen LogP contribution < -0.4 is 0 Å². The van der Waals surface area contributed by atoms with Crippen LogP contribution in [-0.2, 0) is 0 Å². The number of hydrogen-bond donors (Lipinski definition) is 0. The molecule has 1 unspecified atom stereocenters. The highest BCUT2D eigenvalue weighted by Crippen LogP contribution is 2.38. The molecule has 0 nitrogen and oxygen atoms in total. The lowest BCUT2D eigenvalue weighted by molar-refractivity contribution is 1.01. The third kappa shape index (κ3) is 1.16. The molecule has 0 aliphatic heterocycles. The van der Waals surface area contributed by atoms with E-state index in [-0.39, 0.29) is 0 Å². The van der Waals surface area contributed by atoms with Gasteiger partial charge in [0.05, 0.1) is 0 Å². The van der Waals surface area contributed by atoms with Crippen LogP contribution in [0.5, 0.6) is 0 Å². The average Bonchev–Trinajstić information content (AvgIpc) is 2.30. The maximum atomic E-state index is 3.95. The van der Waals surface area contributed by atoms with Crippen molar-refractivity contribution in [2.75, 3.05) is 0 Å². The van der Waals surface area contributed by atoms with Crippen molar-refractivity contribution in [3.8, 4) is 0 Å². The molecule has 16 heavy (non-hydrogen) atoms. The van der Waals surface area contributed by atoms with Gasteiger partial charge in [0.1, 0.15) is 0 Å². The zero-order valence-corrected chi connectivity index (χ0v) is 9.40. The molecule has 0 radical (unpaired) electrons. The van der Waals surface area contributed by atoms with E-state index < -0.39 is 0 Å². The smallest absolute Gasteiger partial charge is 0.0232 e. The Balaban J connectivity index is 2.46. The molecular weight excluding hydrogens is 192 g/mol. The summed E-state index contributed by atoms with van der Waals surface area (Å²) in [5.41, 5.74) is 4.10. The van der Waals surface area contributed by atoms with E-state index >= 15 is 0 Å². The second-order valence-electron chi connectivity index (χ2n) is 4.39. The highest BCUT2D eigenvalue weighted by Gasteiger charge is 2.18. The van der Waals surface area contributed by atoms with Crippen molar-refractivity contribution in [1.29, 1.82) is 0 Å². The van der Waals surface area contributed by atoms with E-state index in [1.807, 2.05) is 6.08 Å². The maximum absolute atomic E-state index is 3.95. The summed E-state index contributed by atoms with van der Waals surface area (Å²) in [6, 6.07) is 13.0. The third-order valence-electron chi connectivity index (χ3n) is 3.41. The minimum Gasteiger partial charge on any atom is -0.102 e. The summed E-state index contributed by atoms with van der Waals surface area (Å²) >= 11 is 0. The van der Waals surface area contributed by atoms with Crippen LogP contribution in [0, 0.1) is 0 Å². The van der Waals surface area contributed by atoms with Crippen LogP contribution in [0.1, 0.15) is 24.0 Å². The van der Waals surface area contributed by atoms with E-state index in [1.54, 1.807) is 0 Å². The largest absolute Gasteiger partial charge is 0.102 e. The molecule has 0 spiro atoms. The molecule has 0 saturated carbocycles. The lowest BCUT2D eigenvalue weighted by Crippen LogP contribution is -2.03. The molecule has 2 aromatic carbocycles. The summed E-state index contributed by atoms with van der Waals surface area (Å²) in [6.45, 7) is 6.14. The van der Waals surface area contributed by atoms with Crippen molar-refractivity contribution >= 4 is 16.8 Å². The molecule has 0 aromatic heterocycles. The van der Waals surface area contributed by atoms with E-state index in [0.717, 1.165) is 0 Å². The summed E-state index contributed by atoms with van der Waals surface area (Å²) in [5, 5.41) is 2.71. The second kappa shape index (κ2) is 3.34. The summed E-state index contributed by atoms with van der Waals surface area (Å²) in [4.78, 5) is 0. The Kier molecular flexibility index (Phi) is 1.97. The van der Waals surface area contributed by atoms with Crippen LogP contribution in [0.4, 0.5) is 0 Å². The van der Waals surface area contributed by atoms with Gasteiger partial charge in [-0.2, -0.15) is 0 Å². The molecular formula is C16H14. The van der Waals surface area contributed by atoms with Gasteiger partial charge in [0, 0.05) is 5.92 Å². The van der Waals surface area contributed by atoms with Gasteiger partial charge >= 0.3 is 0 Å². The van der Waals surface area contributed by atoms with Gasteiger partial charge in [0.15, 0.2) is 0 Å². The minimum absolute atomic E-state index is 0.374. The molecule has 0 fully saturated rings. The summed E-state index contributed by atoms with van der Waals surface area (Å²) in [6.07, 6.45) is 4.32. The predicted octanol–water partition coefficient (Wildman–Crippen LogP) is 4.53. The van der Waals surface area contributed by atoms with Gasteiger partial charge in [0.2, 0.25) is 0 Å². The average molecular weight is 206 g/mol. The first-order valence-corrected chi connectivity index (χ1v) is 5.63. The molecule has 0 bridgehead atoms. The topological polar surface area (TPSA) is 0 Å². The first-order valence-electron chi connectivity index (χ1n) is 5.63. The van der Waals surface area contributed by atoms with Crippen LogP contribution in [0.15, 0.2) is 54.6 Å². The van der Waals surface area contributed by atoms with Gasteiger partial charge < -0.3 is 0 Å². The predicted molar refractivity (Wildman–Crippen MR) is 70.5 cm³/mol. The van der Waals surface area contributed by atoms with Gasteiger partial charge in [-0.05, 0) is 28.8 Å². The van der Waals surface area contributed by atoms with E-state index in [0.29, 0.717) is 5.92 Å².